The monoisotopic (exact) mass is 364 g/mol. The molecule has 0 fully saturated rings. The van der Waals surface area contributed by atoms with Gasteiger partial charge < -0.3 is 15.7 Å². The topological polar surface area (TPSA) is 78.4 Å². The minimum atomic E-state index is -1.01. The van der Waals surface area contributed by atoms with E-state index in [4.69, 9.17) is 5.11 Å². The number of anilines is 1. The lowest BCUT2D eigenvalue weighted by Crippen LogP contribution is -2.35. The molecule has 1 rings (SSSR count). The summed E-state index contributed by atoms with van der Waals surface area (Å²) >= 11 is 2.88. The molecular formula is C13H15BrF2N2O3. The summed E-state index contributed by atoms with van der Waals surface area (Å²) in [6.45, 7) is 1.76. The Morgan fingerprint density at radius 2 is 2.00 bits per heavy atom. The van der Waals surface area contributed by atoms with Crippen molar-refractivity contribution in [3.05, 3.63) is 28.2 Å². The fourth-order valence-corrected chi connectivity index (χ4v) is 2.01. The van der Waals surface area contributed by atoms with Crippen molar-refractivity contribution in [2.45, 2.75) is 19.8 Å². The number of carbonyl (C=O) groups excluding carboxylic acids is 1. The molecule has 0 saturated carbocycles. The van der Waals surface area contributed by atoms with Crippen LogP contribution in [0.4, 0.5) is 19.3 Å². The van der Waals surface area contributed by atoms with Gasteiger partial charge in [0.2, 0.25) is 0 Å². The van der Waals surface area contributed by atoms with E-state index >= 15 is 0 Å². The maximum atomic E-state index is 13.4. The second kappa shape index (κ2) is 7.92. The number of nitrogens with one attached hydrogen (secondary N) is 2. The molecule has 0 heterocycles. The third kappa shape index (κ3) is 5.30. The van der Waals surface area contributed by atoms with Gasteiger partial charge in [0.15, 0.2) is 0 Å². The number of halogens is 3. The van der Waals surface area contributed by atoms with Crippen molar-refractivity contribution in [2.75, 3.05) is 11.9 Å². The Balaban J connectivity index is 2.62. The number of rotatable bonds is 6. The summed E-state index contributed by atoms with van der Waals surface area (Å²) < 4.78 is 26.5. The van der Waals surface area contributed by atoms with E-state index in [2.05, 4.69) is 26.6 Å². The van der Waals surface area contributed by atoms with E-state index in [1.807, 2.05) is 6.92 Å². The first-order chi connectivity index (χ1) is 9.85. The Hall–Kier alpha value is -1.70. The molecular weight excluding hydrogens is 350 g/mol. The van der Waals surface area contributed by atoms with Crippen LogP contribution in [0, 0.1) is 17.6 Å². The van der Waals surface area contributed by atoms with E-state index in [9.17, 15) is 18.4 Å². The summed E-state index contributed by atoms with van der Waals surface area (Å²) in [5.41, 5.74) is -0.205. The van der Waals surface area contributed by atoms with Crippen molar-refractivity contribution in [2.24, 2.45) is 5.92 Å². The number of amides is 2. The molecule has 116 valence electrons. The molecule has 5 nitrogen and oxygen atoms in total. The van der Waals surface area contributed by atoms with Gasteiger partial charge in [0.05, 0.1) is 16.1 Å². The molecule has 0 bridgehead atoms. The van der Waals surface area contributed by atoms with Crippen LogP contribution in [0.15, 0.2) is 16.6 Å². The van der Waals surface area contributed by atoms with Crippen molar-refractivity contribution in [3.8, 4) is 0 Å². The molecule has 0 aliphatic rings. The number of carbonyl (C=O) groups is 2. The predicted molar refractivity (Wildman–Crippen MR) is 77.1 cm³/mol. The first-order valence-corrected chi connectivity index (χ1v) is 7.06. The molecule has 0 spiro atoms. The molecule has 0 aliphatic heterocycles. The van der Waals surface area contributed by atoms with Gasteiger partial charge in [-0.3, -0.25) is 4.79 Å². The molecule has 3 N–H and O–H groups in total. The molecule has 0 aromatic heterocycles. The van der Waals surface area contributed by atoms with Crippen LogP contribution in [0.5, 0.6) is 0 Å². The minimum Gasteiger partial charge on any atom is -0.481 e. The average Bonchev–Trinajstić information content (AvgIpc) is 2.40. The van der Waals surface area contributed by atoms with E-state index in [-0.39, 0.29) is 16.7 Å². The third-order valence-corrected chi connectivity index (χ3v) is 3.36. The van der Waals surface area contributed by atoms with Gasteiger partial charge in [-0.15, -0.1) is 0 Å². The van der Waals surface area contributed by atoms with Gasteiger partial charge in [0.25, 0.3) is 0 Å². The van der Waals surface area contributed by atoms with Crippen LogP contribution >= 0.6 is 15.9 Å². The Morgan fingerprint density at radius 3 is 2.57 bits per heavy atom. The second-order valence-corrected chi connectivity index (χ2v) is 5.26. The maximum Gasteiger partial charge on any atom is 0.319 e. The molecule has 2 amide bonds. The van der Waals surface area contributed by atoms with Gasteiger partial charge in [-0.1, -0.05) is 13.3 Å². The van der Waals surface area contributed by atoms with Crippen molar-refractivity contribution >= 4 is 33.6 Å². The highest BCUT2D eigenvalue weighted by molar-refractivity contribution is 9.10. The van der Waals surface area contributed by atoms with Gasteiger partial charge in [0.1, 0.15) is 11.6 Å². The van der Waals surface area contributed by atoms with Gasteiger partial charge >= 0.3 is 12.0 Å². The molecule has 1 aromatic rings. The Bertz CT molecular complexity index is 540. The molecule has 21 heavy (non-hydrogen) atoms. The summed E-state index contributed by atoms with van der Waals surface area (Å²) in [5, 5.41) is 13.5. The van der Waals surface area contributed by atoms with Crippen LogP contribution in [0.1, 0.15) is 19.8 Å². The van der Waals surface area contributed by atoms with Gasteiger partial charge in [0, 0.05) is 12.6 Å². The second-order valence-electron chi connectivity index (χ2n) is 4.41. The largest absolute Gasteiger partial charge is 0.481 e. The smallest absolute Gasteiger partial charge is 0.319 e. The first kappa shape index (κ1) is 17.4. The fourth-order valence-electron chi connectivity index (χ4n) is 1.66. The number of carboxylic acids is 1. The maximum absolute atomic E-state index is 13.4. The van der Waals surface area contributed by atoms with E-state index in [1.54, 1.807) is 0 Å². The number of benzene rings is 1. The standard InChI is InChI=1S/C13H15BrF2N2O3/c1-2-3-7(12(19)20)6-17-13(21)18-11-4-8(14)9(15)5-10(11)16/h4-5,7H,2-3,6H2,1H3,(H,19,20)(H2,17,18,21). The van der Waals surface area contributed by atoms with E-state index in [0.29, 0.717) is 18.9 Å². The van der Waals surface area contributed by atoms with Crippen LogP contribution < -0.4 is 10.6 Å². The lowest BCUT2D eigenvalue weighted by Gasteiger charge is -2.13. The van der Waals surface area contributed by atoms with E-state index in [1.165, 1.54) is 0 Å². The highest BCUT2D eigenvalue weighted by atomic mass is 79.9. The van der Waals surface area contributed by atoms with Crippen molar-refractivity contribution in [1.29, 1.82) is 0 Å². The molecule has 0 saturated heterocycles. The minimum absolute atomic E-state index is 0.00796. The molecule has 0 aliphatic carbocycles. The quantitative estimate of drug-likeness (QED) is 0.677. The molecule has 8 heteroatoms. The number of aliphatic carboxylic acids is 1. The zero-order valence-electron chi connectivity index (χ0n) is 11.3. The number of hydrogen-bond acceptors (Lipinski definition) is 2. The Morgan fingerprint density at radius 1 is 1.33 bits per heavy atom. The fraction of sp³-hybridized carbons (Fsp3) is 0.385. The highest BCUT2D eigenvalue weighted by Gasteiger charge is 2.18. The first-order valence-electron chi connectivity index (χ1n) is 6.27. The molecule has 1 atom stereocenters. The zero-order chi connectivity index (χ0) is 16.0. The lowest BCUT2D eigenvalue weighted by molar-refractivity contribution is -0.141. The van der Waals surface area contributed by atoms with Gasteiger partial charge in [-0.05, 0) is 28.4 Å². The van der Waals surface area contributed by atoms with Crippen molar-refractivity contribution in [1.82, 2.24) is 5.32 Å². The average molecular weight is 365 g/mol. The lowest BCUT2D eigenvalue weighted by atomic mass is 10.0. The molecule has 1 unspecified atom stereocenters. The molecule has 0 radical (unpaired) electrons. The summed E-state index contributed by atoms with van der Waals surface area (Å²) in [7, 11) is 0. The van der Waals surface area contributed by atoms with Crippen LogP contribution in [-0.2, 0) is 4.79 Å². The van der Waals surface area contributed by atoms with Crippen LogP contribution in [0.3, 0.4) is 0 Å². The third-order valence-electron chi connectivity index (χ3n) is 2.75. The van der Waals surface area contributed by atoms with Crippen molar-refractivity contribution in [3.63, 3.8) is 0 Å². The molecule has 1 aromatic carbocycles. The van der Waals surface area contributed by atoms with Crippen LogP contribution in [0.2, 0.25) is 0 Å². The Kier molecular flexibility index (Phi) is 6.54. The summed E-state index contributed by atoms with van der Waals surface area (Å²) in [6.07, 6.45) is 1.09. The number of urea groups is 1. The van der Waals surface area contributed by atoms with Gasteiger partial charge in [-0.25, -0.2) is 13.6 Å². The zero-order valence-corrected chi connectivity index (χ0v) is 12.8. The van der Waals surface area contributed by atoms with Gasteiger partial charge in [-0.2, -0.15) is 0 Å². The normalized spacial score (nSPS) is 11.8. The number of hydrogen-bond donors (Lipinski definition) is 3. The Labute approximate surface area is 128 Å². The summed E-state index contributed by atoms with van der Waals surface area (Å²) in [5.74, 6) is -3.42. The highest BCUT2D eigenvalue weighted by Crippen LogP contribution is 2.23. The van der Waals surface area contributed by atoms with E-state index < -0.39 is 29.6 Å². The van der Waals surface area contributed by atoms with Crippen molar-refractivity contribution < 1.29 is 23.5 Å². The van der Waals surface area contributed by atoms with E-state index in [0.717, 1.165) is 6.07 Å². The number of carboxylic acid groups (broad SMARTS) is 1. The summed E-state index contributed by atoms with van der Waals surface area (Å²) in [6, 6.07) is 0.969. The predicted octanol–water partition coefficient (Wildman–Crippen LogP) is 3.35. The van der Waals surface area contributed by atoms with Crippen LogP contribution in [0.25, 0.3) is 0 Å². The SMILES string of the molecule is CCCC(CNC(=O)Nc1cc(Br)c(F)cc1F)C(=O)O. The summed E-state index contributed by atoms with van der Waals surface area (Å²) in [4.78, 5) is 22.5. The van der Waals surface area contributed by atoms with Crippen LogP contribution in [-0.4, -0.2) is 23.7 Å².